The first-order chi connectivity index (χ1) is 14.1. The molecule has 1 saturated heterocycles. The minimum absolute atomic E-state index is 0.225. The lowest BCUT2D eigenvalue weighted by atomic mass is 10.1. The fourth-order valence-corrected chi connectivity index (χ4v) is 3.43. The number of nitrogens with one attached hydrogen (secondary N) is 2. The standard InChI is InChI=1S/C19H18Cl2N6O2/c20-12-8-16(21)19(23-9-12)29-15-5-3-13(4-6-15)24-18(28)17-11-27(26-25-17)14-2-1-7-22-10-14/h3-6,8-9,11,14,22H,1-2,7,10H2,(H,24,28). The smallest absolute Gasteiger partial charge is 0.277 e. The van der Waals surface area contributed by atoms with Crippen molar-refractivity contribution in [2.45, 2.75) is 18.9 Å². The molecule has 1 amide bonds. The van der Waals surface area contributed by atoms with Gasteiger partial charge in [0.05, 0.1) is 17.3 Å². The van der Waals surface area contributed by atoms with E-state index in [0.717, 1.165) is 25.9 Å². The molecule has 1 unspecified atom stereocenters. The Hall–Kier alpha value is -2.68. The van der Waals surface area contributed by atoms with E-state index in [1.165, 1.54) is 6.20 Å². The topological polar surface area (TPSA) is 94.0 Å². The van der Waals surface area contributed by atoms with Gasteiger partial charge in [-0.15, -0.1) is 5.10 Å². The predicted octanol–water partition coefficient (Wildman–Crippen LogP) is 3.95. The van der Waals surface area contributed by atoms with Crippen LogP contribution in [0, 0.1) is 0 Å². The molecule has 2 aromatic heterocycles. The molecule has 1 atom stereocenters. The zero-order valence-corrected chi connectivity index (χ0v) is 16.8. The van der Waals surface area contributed by atoms with Crippen LogP contribution < -0.4 is 15.4 Å². The van der Waals surface area contributed by atoms with Gasteiger partial charge >= 0.3 is 0 Å². The first kappa shape index (κ1) is 19.6. The molecular formula is C19H18Cl2N6O2. The lowest BCUT2D eigenvalue weighted by molar-refractivity contribution is 0.102. The summed E-state index contributed by atoms with van der Waals surface area (Å²) >= 11 is 11.9. The maximum atomic E-state index is 12.4. The Morgan fingerprint density at radius 2 is 2.10 bits per heavy atom. The summed E-state index contributed by atoms with van der Waals surface area (Å²) in [5.74, 6) is 0.452. The van der Waals surface area contributed by atoms with Crippen LogP contribution in [0.25, 0.3) is 0 Å². The molecule has 3 heterocycles. The molecule has 1 aromatic carbocycles. The zero-order valence-electron chi connectivity index (χ0n) is 15.3. The van der Waals surface area contributed by atoms with Gasteiger partial charge in [-0.3, -0.25) is 4.79 Å². The first-order valence-corrected chi connectivity index (χ1v) is 9.87. The Bertz CT molecular complexity index is 1000. The van der Waals surface area contributed by atoms with Gasteiger partial charge in [0.15, 0.2) is 5.69 Å². The number of carbonyl (C=O) groups excluding carboxylic acids is 1. The number of rotatable bonds is 5. The number of halogens is 2. The molecule has 2 N–H and O–H groups in total. The number of amides is 1. The Morgan fingerprint density at radius 1 is 1.28 bits per heavy atom. The van der Waals surface area contributed by atoms with E-state index in [0.29, 0.717) is 21.5 Å². The van der Waals surface area contributed by atoms with Gasteiger partial charge in [0.1, 0.15) is 10.8 Å². The molecule has 0 bridgehead atoms. The van der Waals surface area contributed by atoms with Crippen molar-refractivity contribution in [2.75, 3.05) is 18.4 Å². The van der Waals surface area contributed by atoms with Crippen LogP contribution in [0.1, 0.15) is 29.4 Å². The van der Waals surface area contributed by atoms with Crippen LogP contribution in [0.15, 0.2) is 42.7 Å². The zero-order chi connectivity index (χ0) is 20.2. The number of benzene rings is 1. The Morgan fingerprint density at radius 3 is 2.83 bits per heavy atom. The van der Waals surface area contributed by atoms with Gasteiger partial charge in [0.2, 0.25) is 5.88 Å². The normalized spacial score (nSPS) is 16.4. The second-order valence-corrected chi connectivity index (χ2v) is 7.45. The van der Waals surface area contributed by atoms with Crippen molar-refractivity contribution >= 4 is 34.8 Å². The van der Waals surface area contributed by atoms with Crippen molar-refractivity contribution in [3.63, 3.8) is 0 Å². The highest BCUT2D eigenvalue weighted by atomic mass is 35.5. The van der Waals surface area contributed by atoms with E-state index >= 15 is 0 Å². The largest absolute Gasteiger partial charge is 0.438 e. The van der Waals surface area contributed by atoms with E-state index in [9.17, 15) is 4.79 Å². The van der Waals surface area contributed by atoms with E-state index in [-0.39, 0.29) is 23.5 Å². The van der Waals surface area contributed by atoms with Crippen molar-refractivity contribution in [1.82, 2.24) is 25.3 Å². The van der Waals surface area contributed by atoms with Crippen molar-refractivity contribution in [3.8, 4) is 11.6 Å². The molecule has 10 heteroatoms. The van der Waals surface area contributed by atoms with Gasteiger partial charge in [0.25, 0.3) is 5.91 Å². The van der Waals surface area contributed by atoms with E-state index in [4.69, 9.17) is 27.9 Å². The number of piperidine rings is 1. The van der Waals surface area contributed by atoms with Gasteiger partial charge in [-0.25, -0.2) is 9.67 Å². The average molecular weight is 433 g/mol. The summed E-state index contributed by atoms with van der Waals surface area (Å²) in [5, 5.41) is 14.9. The number of aromatic nitrogens is 4. The molecule has 0 saturated carbocycles. The number of hydrogen-bond acceptors (Lipinski definition) is 6. The molecule has 4 rings (SSSR count). The van der Waals surface area contributed by atoms with Crippen LogP contribution >= 0.6 is 23.2 Å². The summed E-state index contributed by atoms with van der Waals surface area (Å²) in [5.41, 5.74) is 0.874. The van der Waals surface area contributed by atoms with E-state index < -0.39 is 0 Å². The van der Waals surface area contributed by atoms with Crippen LogP contribution in [-0.4, -0.2) is 39.0 Å². The number of anilines is 1. The van der Waals surface area contributed by atoms with E-state index in [1.54, 1.807) is 41.2 Å². The van der Waals surface area contributed by atoms with Crippen LogP contribution in [0.2, 0.25) is 10.0 Å². The second kappa shape index (κ2) is 8.77. The highest BCUT2D eigenvalue weighted by Crippen LogP contribution is 2.29. The lowest BCUT2D eigenvalue weighted by Gasteiger charge is -2.22. The molecule has 29 heavy (non-hydrogen) atoms. The molecule has 150 valence electrons. The highest BCUT2D eigenvalue weighted by molar-refractivity contribution is 6.35. The third-order valence-electron chi connectivity index (χ3n) is 4.49. The third kappa shape index (κ3) is 4.84. The molecule has 1 fully saturated rings. The van der Waals surface area contributed by atoms with Crippen molar-refractivity contribution in [1.29, 1.82) is 0 Å². The number of carbonyl (C=O) groups is 1. The summed E-state index contributed by atoms with van der Waals surface area (Å²) < 4.78 is 7.38. The van der Waals surface area contributed by atoms with Crippen LogP contribution in [0.5, 0.6) is 11.6 Å². The lowest BCUT2D eigenvalue weighted by Crippen LogP contribution is -2.31. The SMILES string of the molecule is O=C(Nc1ccc(Oc2ncc(Cl)cc2Cl)cc1)c1cn(C2CCCNC2)nn1. The molecule has 1 aliphatic heterocycles. The molecule has 0 spiro atoms. The minimum atomic E-state index is -0.323. The summed E-state index contributed by atoms with van der Waals surface area (Å²) in [6.45, 7) is 1.84. The van der Waals surface area contributed by atoms with Gasteiger partial charge in [0, 0.05) is 18.4 Å². The molecule has 0 aliphatic carbocycles. The molecule has 0 radical (unpaired) electrons. The number of hydrogen-bond donors (Lipinski definition) is 2. The van der Waals surface area contributed by atoms with E-state index in [2.05, 4.69) is 25.9 Å². The molecule has 8 nitrogen and oxygen atoms in total. The maximum Gasteiger partial charge on any atom is 0.277 e. The first-order valence-electron chi connectivity index (χ1n) is 9.11. The fourth-order valence-electron chi connectivity index (χ4n) is 3.01. The van der Waals surface area contributed by atoms with Gasteiger partial charge < -0.3 is 15.4 Å². The third-order valence-corrected chi connectivity index (χ3v) is 4.97. The van der Waals surface area contributed by atoms with Crippen molar-refractivity contribution < 1.29 is 9.53 Å². The number of pyridine rings is 1. The summed E-state index contributed by atoms with van der Waals surface area (Å²) in [4.78, 5) is 16.5. The maximum absolute atomic E-state index is 12.4. The van der Waals surface area contributed by atoms with Crippen LogP contribution in [0.3, 0.4) is 0 Å². The van der Waals surface area contributed by atoms with Crippen molar-refractivity contribution in [2.24, 2.45) is 0 Å². The van der Waals surface area contributed by atoms with E-state index in [1.807, 2.05) is 0 Å². The Labute approximate surface area is 177 Å². The Balaban J connectivity index is 1.38. The predicted molar refractivity (Wildman–Crippen MR) is 110 cm³/mol. The van der Waals surface area contributed by atoms with Gasteiger partial charge in [-0.1, -0.05) is 28.4 Å². The summed E-state index contributed by atoms with van der Waals surface area (Å²) in [6, 6.07) is 8.61. The van der Waals surface area contributed by atoms with Gasteiger partial charge in [-0.05, 0) is 49.7 Å². The van der Waals surface area contributed by atoms with Crippen molar-refractivity contribution in [3.05, 3.63) is 58.5 Å². The number of ether oxygens (including phenoxy) is 1. The summed E-state index contributed by atoms with van der Waals surface area (Å²) in [6.07, 6.45) is 5.23. The van der Waals surface area contributed by atoms with Gasteiger partial charge in [-0.2, -0.15) is 0 Å². The average Bonchev–Trinajstić information content (AvgIpc) is 3.23. The Kier molecular flexibility index (Phi) is 5.94. The monoisotopic (exact) mass is 432 g/mol. The quantitative estimate of drug-likeness (QED) is 0.633. The van der Waals surface area contributed by atoms with Crippen LogP contribution in [-0.2, 0) is 0 Å². The molecular weight excluding hydrogens is 415 g/mol. The minimum Gasteiger partial charge on any atom is -0.438 e. The fraction of sp³-hybridized carbons (Fsp3) is 0.263. The highest BCUT2D eigenvalue weighted by Gasteiger charge is 2.18. The molecule has 1 aliphatic rings. The second-order valence-electron chi connectivity index (χ2n) is 6.61. The summed E-state index contributed by atoms with van der Waals surface area (Å²) in [7, 11) is 0. The van der Waals surface area contributed by atoms with Crippen LogP contribution in [0.4, 0.5) is 5.69 Å². The molecule has 3 aromatic rings. The number of nitrogens with zero attached hydrogens (tertiary/aromatic N) is 4.